The number of nitrogens with one attached hydrogen (secondary N) is 1. The number of aromatic nitrogens is 1. The fourth-order valence-corrected chi connectivity index (χ4v) is 3.52. The molecule has 8 heteroatoms. The van der Waals surface area contributed by atoms with Crippen molar-refractivity contribution < 1.29 is 23.1 Å². The fraction of sp³-hybridized carbons (Fsp3) is 0.0952. The van der Waals surface area contributed by atoms with Crippen LogP contribution in [0, 0.1) is 5.82 Å². The van der Waals surface area contributed by atoms with E-state index in [2.05, 4.69) is 10.3 Å². The van der Waals surface area contributed by atoms with Crippen LogP contribution in [0.2, 0.25) is 0 Å². The largest absolute Gasteiger partial charge is 0.447 e. The predicted octanol–water partition coefficient (Wildman–Crippen LogP) is 4.88. The van der Waals surface area contributed by atoms with E-state index in [1.54, 1.807) is 6.07 Å². The summed E-state index contributed by atoms with van der Waals surface area (Å²) < 4.78 is 24.7. The van der Waals surface area contributed by atoms with Crippen LogP contribution in [0.4, 0.5) is 10.1 Å². The first-order chi connectivity index (χ1) is 14.0. The van der Waals surface area contributed by atoms with Crippen molar-refractivity contribution in [2.45, 2.75) is 13.0 Å². The lowest BCUT2D eigenvalue weighted by Gasteiger charge is -2.12. The molecule has 1 atom stereocenters. The van der Waals surface area contributed by atoms with Crippen molar-refractivity contribution >= 4 is 39.1 Å². The highest BCUT2D eigenvalue weighted by atomic mass is 32.1. The lowest BCUT2D eigenvalue weighted by atomic mass is 10.3. The molecule has 0 saturated carbocycles. The Balaban J connectivity index is 1.41. The molecule has 1 amide bonds. The van der Waals surface area contributed by atoms with E-state index in [0.717, 1.165) is 10.2 Å². The summed E-state index contributed by atoms with van der Waals surface area (Å²) in [6.45, 7) is 1.44. The maximum absolute atomic E-state index is 12.9. The van der Waals surface area contributed by atoms with Crippen LogP contribution >= 0.6 is 11.3 Å². The molecule has 0 aliphatic rings. The van der Waals surface area contributed by atoms with E-state index in [-0.39, 0.29) is 5.76 Å². The zero-order chi connectivity index (χ0) is 20.4. The number of hydrogen-bond acceptors (Lipinski definition) is 6. The number of halogens is 1. The number of nitrogens with zero attached hydrogens (tertiary/aromatic N) is 1. The predicted molar refractivity (Wildman–Crippen MR) is 107 cm³/mol. The van der Waals surface area contributed by atoms with Crippen molar-refractivity contribution in [2.75, 3.05) is 5.32 Å². The topological polar surface area (TPSA) is 81.4 Å². The lowest BCUT2D eigenvalue weighted by Crippen LogP contribution is -2.29. The number of esters is 1. The van der Waals surface area contributed by atoms with E-state index < -0.39 is 23.8 Å². The minimum absolute atomic E-state index is 0.0271. The number of para-hydroxylation sites is 1. The van der Waals surface area contributed by atoms with E-state index in [0.29, 0.717) is 16.5 Å². The molecule has 4 rings (SSSR count). The van der Waals surface area contributed by atoms with Gasteiger partial charge in [0.15, 0.2) is 16.9 Å². The summed E-state index contributed by atoms with van der Waals surface area (Å²) in [6, 6.07) is 16.1. The maximum Gasteiger partial charge on any atom is 0.375 e. The number of amides is 1. The van der Waals surface area contributed by atoms with Crippen molar-refractivity contribution in [1.82, 2.24) is 4.98 Å². The summed E-state index contributed by atoms with van der Waals surface area (Å²) in [6.07, 6.45) is -1.07. The standard InChI is InChI=1S/C21H15FN2O4S/c1-12(19(25)23-14-8-6-13(22)7-9-14)27-21(26)17-11-10-16(28-17)20-24-15-4-2-3-5-18(15)29-20/h2-12H,1H3,(H,23,25)/t12-/m0/s1. The van der Waals surface area contributed by atoms with E-state index in [4.69, 9.17) is 9.15 Å². The van der Waals surface area contributed by atoms with Gasteiger partial charge in [0, 0.05) is 5.69 Å². The summed E-state index contributed by atoms with van der Waals surface area (Å²) >= 11 is 1.45. The first-order valence-electron chi connectivity index (χ1n) is 8.73. The molecule has 0 bridgehead atoms. The van der Waals surface area contributed by atoms with Crippen LogP contribution in [-0.4, -0.2) is 23.0 Å². The smallest absolute Gasteiger partial charge is 0.375 e. The van der Waals surface area contributed by atoms with Crippen molar-refractivity contribution in [1.29, 1.82) is 0 Å². The quantitative estimate of drug-likeness (QED) is 0.474. The summed E-state index contributed by atoms with van der Waals surface area (Å²) in [5.41, 5.74) is 1.24. The monoisotopic (exact) mass is 410 g/mol. The molecular weight excluding hydrogens is 395 g/mol. The van der Waals surface area contributed by atoms with E-state index in [9.17, 15) is 14.0 Å². The zero-order valence-electron chi connectivity index (χ0n) is 15.2. The van der Waals surface area contributed by atoms with Gasteiger partial charge in [-0.1, -0.05) is 12.1 Å². The lowest BCUT2D eigenvalue weighted by molar-refractivity contribution is -0.123. The number of ether oxygens (including phenoxy) is 1. The van der Waals surface area contributed by atoms with Gasteiger partial charge in [-0.2, -0.15) is 0 Å². The molecule has 2 aromatic heterocycles. The molecule has 2 heterocycles. The Bertz CT molecular complexity index is 1150. The van der Waals surface area contributed by atoms with Crippen molar-refractivity contribution in [3.63, 3.8) is 0 Å². The maximum atomic E-state index is 12.9. The molecule has 0 saturated heterocycles. The molecule has 29 heavy (non-hydrogen) atoms. The Labute approximate surface area is 168 Å². The van der Waals surface area contributed by atoms with Gasteiger partial charge in [-0.15, -0.1) is 11.3 Å². The molecule has 1 N–H and O–H groups in total. The van der Waals surface area contributed by atoms with Crippen LogP contribution < -0.4 is 5.32 Å². The van der Waals surface area contributed by atoms with E-state index in [1.165, 1.54) is 48.6 Å². The summed E-state index contributed by atoms with van der Waals surface area (Å²) in [7, 11) is 0. The van der Waals surface area contributed by atoms with Crippen LogP contribution in [-0.2, 0) is 9.53 Å². The Kier molecular flexibility index (Phi) is 5.09. The van der Waals surface area contributed by atoms with Gasteiger partial charge < -0.3 is 14.5 Å². The molecule has 0 fully saturated rings. The van der Waals surface area contributed by atoms with Crippen molar-refractivity contribution in [3.8, 4) is 10.8 Å². The minimum atomic E-state index is -1.07. The van der Waals surface area contributed by atoms with Crippen LogP contribution in [0.5, 0.6) is 0 Å². The molecule has 0 aliphatic heterocycles. The molecule has 0 unspecified atom stereocenters. The average molecular weight is 410 g/mol. The number of fused-ring (bicyclic) bond motifs is 1. The Morgan fingerprint density at radius 3 is 2.62 bits per heavy atom. The van der Waals surface area contributed by atoms with Gasteiger partial charge >= 0.3 is 5.97 Å². The third kappa shape index (κ3) is 4.17. The number of carbonyl (C=O) groups is 2. The van der Waals surface area contributed by atoms with Gasteiger partial charge in [0.2, 0.25) is 5.76 Å². The Morgan fingerprint density at radius 2 is 1.86 bits per heavy atom. The Morgan fingerprint density at radius 1 is 1.10 bits per heavy atom. The summed E-state index contributed by atoms with van der Waals surface area (Å²) in [4.78, 5) is 29.0. The van der Waals surface area contributed by atoms with Gasteiger partial charge in [-0.3, -0.25) is 4.79 Å². The van der Waals surface area contributed by atoms with E-state index >= 15 is 0 Å². The number of rotatable bonds is 5. The van der Waals surface area contributed by atoms with Crippen molar-refractivity contribution in [2.24, 2.45) is 0 Å². The highest BCUT2D eigenvalue weighted by Crippen LogP contribution is 2.31. The minimum Gasteiger partial charge on any atom is -0.447 e. The number of carbonyl (C=O) groups excluding carboxylic acids is 2. The molecule has 2 aromatic carbocycles. The number of benzene rings is 2. The third-order valence-electron chi connectivity index (χ3n) is 4.08. The van der Waals surface area contributed by atoms with Crippen LogP contribution in [0.15, 0.2) is 65.1 Å². The van der Waals surface area contributed by atoms with Gasteiger partial charge in [0.05, 0.1) is 10.2 Å². The molecule has 0 radical (unpaired) electrons. The fourth-order valence-electron chi connectivity index (χ4n) is 2.59. The van der Waals surface area contributed by atoms with Crippen LogP contribution in [0.3, 0.4) is 0 Å². The second-order valence-electron chi connectivity index (χ2n) is 6.19. The van der Waals surface area contributed by atoms with E-state index in [1.807, 2.05) is 24.3 Å². The molecule has 0 spiro atoms. The summed E-state index contributed by atoms with van der Waals surface area (Å²) in [5, 5.41) is 3.20. The average Bonchev–Trinajstić information content (AvgIpc) is 3.36. The number of hydrogen-bond donors (Lipinski definition) is 1. The highest BCUT2D eigenvalue weighted by molar-refractivity contribution is 7.21. The first kappa shape index (κ1) is 18.8. The highest BCUT2D eigenvalue weighted by Gasteiger charge is 2.22. The Hall–Kier alpha value is -3.52. The first-order valence-corrected chi connectivity index (χ1v) is 9.54. The van der Waals surface area contributed by atoms with Gasteiger partial charge in [-0.25, -0.2) is 14.2 Å². The van der Waals surface area contributed by atoms with Crippen molar-refractivity contribution in [3.05, 3.63) is 72.2 Å². The summed E-state index contributed by atoms with van der Waals surface area (Å²) in [5.74, 6) is -1.30. The second-order valence-corrected chi connectivity index (χ2v) is 7.22. The molecule has 6 nitrogen and oxygen atoms in total. The third-order valence-corrected chi connectivity index (χ3v) is 5.13. The normalized spacial score (nSPS) is 11.9. The molecular formula is C21H15FN2O4S. The van der Waals surface area contributed by atoms with Crippen LogP contribution in [0.25, 0.3) is 21.0 Å². The molecule has 0 aliphatic carbocycles. The number of anilines is 1. The van der Waals surface area contributed by atoms with Crippen LogP contribution in [0.1, 0.15) is 17.5 Å². The van der Waals surface area contributed by atoms with Gasteiger partial charge in [-0.05, 0) is 55.5 Å². The number of thiazole rings is 1. The molecule has 146 valence electrons. The second kappa shape index (κ2) is 7.84. The zero-order valence-corrected chi connectivity index (χ0v) is 16.0. The number of furan rings is 1. The van der Waals surface area contributed by atoms with Gasteiger partial charge in [0.1, 0.15) is 5.82 Å². The van der Waals surface area contributed by atoms with Gasteiger partial charge in [0.25, 0.3) is 5.91 Å². The SMILES string of the molecule is C[C@H](OC(=O)c1ccc(-c2nc3ccccc3s2)o1)C(=O)Nc1ccc(F)cc1. The molecule has 4 aromatic rings.